The van der Waals surface area contributed by atoms with Gasteiger partial charge in [-0.05, 0) is 31.9 Å². The van der Waals surface area contributed by atoms with Crippen molar-refractivity contribution < 1.29 is 14.3 Å². The third-order valence-electron chi connectivity index (χ3n) is 3.53. The molecule has 0 spiro atoms. The highest BCUT2D eigenvalue weighted by Crippen LogP contribution is 2.26. The van der Waals surface area contributed by atoms with E-state index < -0.39 is 12.1 Å². The molecule has 1 N–H and O–H groups in total. The fraction of sp³-hybridized carbons (Fsp3) is 0.467. The molecule has 1 aromatic carbocycles. The second-order valence-electron chi connectivity index (χ2n) is 5.14. The summed E-state index contributed by atoms with van der Waals surface area (Å²) < 4.78 is 5.15. The van der Waals surface area contributed by atoms with Gasteiger partial charge in [0.2, 0.25) is 0 Å². The maximum atomic E-state index is 12.0. The van der Waals surface area contributed by atoms with E-state index in [0.29, 0.717) is 0 Å². The van der Waals surface area contributed by atoms with Crippen molar-refractivity contribution in [3.05, 3.63) is 33.8 Å². The largest absolute Gasteiger partial charge is 0.449 e. The first-order valence-corrected chi connectivity index (χ1v) is 7.70. The van der Waals surface area contributed by atoms with Crippen LogP contribution in [-0.2, 0) is 9.53 Å². The van der Waals surface area contributed by atoms with Crippen LogP contribution >= 0.6 is 23.2 Å². The molecule has 4 nitrogen and oxygen atoms in total. The lowest BCUT2D eigenvalue weighted by molar-refractivity contribution is -0.129. The molecule has 1 saturated carbocycles. The Morgan fingerprint density at radius 1 is 1.29 bits per heavy atom. The highest BCUT2D eigenvalue weighted by atomic mass is 35.5. The summed E-state index contributed by atoms with van der Waals surface area (Å²) in [7, 11) is 0. The minimum atomic E-state index is -0.867. The number of nitrogens with one attached hydrogen (secondary N) is 1. The first kappa shape index (κ1) is 16.1. The highest BCUT2D eigenvalue weighted by Gasteiger charge is 2.24. The molecule has 0 aromatic heterocycles. The molecular formula is C15H17Cl2NO3. The molecule has 1 aliphatic carbocycles. The van der Waals surface area contributed by atoms with Gasteiger partial charge in [0, 0.05) is 6.04 Å². The molecule has 0 heterocycles. The zero-order valence-electron chi connectivity index (χ0n) is 11.7. The van der Waals surface area contributed by atoms with Crippen LogP contribution in [0.4, 0.5) is 0 Å². The average molecular weight is 330 g/mol. The van der Waals surface area contributed by atoms with E-state index >= 15 is 0 Å². The predicted octanol–water partition coefficient (Wildman–Crippen LogP) is 3.60. The summed E-state index contributed by atoms with van der Waals surface area (Å²) in [6.07, 6.45) is 3.33. The molecule has 2 rings (SSSR count). The van der Waals surface area contributed by atoms with Gasteiger partial charge in [0.15, 0.2) is 6.10 Å². The smallest absolute Gasteiger partial charge is 0.340 e. The molecule has 1 fully saturated rings. The number of hydrogen-bond acceptors (Lipinski definition) is 3. The molecule has 6 heteroatoms. The van der Waals surface area contributed by atoms with Crippen LogP contribution < -0.4 is 5.32 Å². The minimum absolute atomic E-state index is 0.132. The summed E-state index contributed by atoms with van der Waals surface area (Å²) in [6, 6.07) is 4.89. The molecule has 1 amide bonds. The van der Waals surface area contributed by atoms with Crippen molar-refractivity contribution >= 4 is 35.1 Å². The lowest BCUT2D eigenvalue weighted by Gasteiger charge is -2.17. The van der Waals surface area contributed by atoms with Gasteiger partial charge in [-0.2, -0.15) is 0 Å². The Hall–Kier alpha value is -1.26. The summed E-state index contributed by atoms with van der Waals surface area (Å²) in [5, 5.41) is 3.29. The zero-order valence-corrected chi connectivity index (χ0v) is 13.2. The normalized spacial score (nSPS) is 16.5. The molecule has 0 aliphatic heterocycles. The predicted molar refractivity (Wildman–Crippen MR) is 81.7 cm³/mol. The monoisotopic (exact) mass is 329 g/mol. The highest BCUT2D eigenvalue weighted by molar-refractivity contribution is 6.43. The van der Waals surface area contributed by atoms with E-state index in [1.807, 2.05) is 0 Å². The van der Waals surface area contributed by atoms with Crippen LogP contribution in [0.3, 0.4) is 0 Å². The van der Waals surface area contributed by atoms with E-state index in [2.05, 4.69) is 5.32 Å². The van der Waals surface area contributed by atoms with Crippen LogP contribution in [0.15, 0.2) is 18.2 Å². The van der Waals surface area contributed by atoms with E-state index in [0.717, 1.165) is 25.7 Å². The number of carbonyl (C=O) groups is 2. The van der Waals surface area contributed by atoms with Crippen molar-refractivity contribution in [3.63, 3.8) is 0 Å². The van der Waals surface area contributed by atoms with Crippen molar-refractivity contribution in [2.75, 3.05) is 0 Å². The molecular weight excluding hydrogens is 313 g/mol. The fourth-order valence-electron chi connectivity index (χ4n) is 2.33. The fourth-order valence-corrected chi connectivity index (χ4v) is 2.71. The molecule has 114 valence electrons. The Morgan fingerprint density at radius 2 is 1.95 bits per heavy atom. The van der Waals surface area contributed by atoms with Gasteiger partial charge in [-0.15, -0.1) is 0 Å². The van der Waals surface area contributed by atoms with E-state index in [9.17, 15) is 9.59 Å². The van der Waals surface area contributed by atoms with Gasteiger partial charge in [-0.3, -0.25) is 4.79 Å². The van der Waals surface area contributed by atoms with Crippen LogP contribution in [0.5, 0.6) is 0 Å². The number of carbonyl (C=O) groups excluding carboxylic acids is 2. The molecule has 0 bridgehead atoms. The van der Waals surface area contributed by atoms with Crippen LogP contribution in [0.25, 0.3) is 0 Å². The van der Waals surface area contributed by atoms with E-state index in [-0.39, 0.29) is 27.6 Å². The number of hydrogen-bond donors (Lipinski definition) is 1. The molecule has 0 unspecified atom stereocenters. The standard InChI is InChI=1S/C15H17Cl2NO3/c1-9(14(19)18-10-5-2-3-6-10)21-15(20)11-7-4-8-12(16)13(11)17/h4,7-10H,2-3,5-6H2,1H3,(H,18,19)/t9-/m1/s1. The molecule has 1 aliphatic rings. The van der Waals surface area contributed by atoms with Crippen molar-refractivity contribution in [2.45, 2.75) is 44.8 Å². The Labute approximate surface area is 133 Å². The van der Waals surface area contributed by atoms with Crippen LogP contribution in [0.2, 0.25) is 10.0 Å². The van der Waals surface area contributed by atoms with Gasteiger partial charge in [0.05, 0.1) is 15.6 Å². The summed E-state index contributed by atoms with van der Waals surface area (Å²) >= 11 is 11.8. The van der Waals surface area contributed by atoms with Gasteiger partial charge < -0.3 is 10.1 Å². The Bertz CT molecular complexity index is 542. The summed E-state index contributed by atoms with van der Waals surface area (Å²) in [6.45, 7) is 1.54. The lowest BCUT2D eigenvalue weighted by Crippen LogP contribution is -2.40. The molecule has 1 aromatic rings. The van der Waals surface area contributed by atoms with Crippen molar-refractivity contribution in [1.29, 1.82) is 0 Å². The summed E-state index contributed by atoms with van der Waals surface area (Å²) in [5.41, 5.74) is 0.157. The number of benzene rings is 1. The van der Waals surface area contributed by atoms with Gasteiger partial charge in [0.1, 0.15) is 0 Å². The lowest BCUT2D eigenvalue weighted by atomic mass is 10.2. The van der Waals surface area contributed by atoms with Gasteiger partial charge >= 0.3 is 5.97 Å². The quantitative estimate of drug-likeness (QED) is 0.858. The summed E-state index contributed by atoms with van der Waals surface area (Å²) in [4.78, 5) is 24.0. The maximum Gasteiger partial charge on any atom is 0.340 e. The van der Waals surface area contributed by atoms with E-state index in [4.69, 9.17) is 27.9 Å². The Morgan fingerprint density at radius 3 is 2.62 bits per heavy atom. The van der Waals surface area contributed by atoms with E-state index in [1.54, 1.807) is 19.1 Å². The first-order valence-electron chi connectivity index (χ1n) is 6.94. The third kappa shape index (κ3) is 4.11. The molecule has 1 atom stereocenters. The molecule has 0 radical (unpaired) electrons. The topological polar surface area (TPSA) is 55.4 Å². The SMILES string of the molecule is C[C@@H](OC(=O)c1cccc(Cl)c1Cl)C(=O)NC1CCCC1. The number of esters is 1. The second-order valence-corrected chi connectivity index (χ2v) is 5.92. The molecule has 0 saturated heterocycles. The first-order chi connectivity index (χ1) is 9.99. The van der Waals surface area contributed by atoms with Gasteiger partial charge in [-0.1, -0.05) is 42.1 Å². The summed E-state index contributed by atoms with van der Waals surface area (Å²) in [5.74, 6) is -0.940. The van der Waals surface area contributed by atoms with Crippen LogP contribution in [0.1, 0.15) is 43.0 Å². The average Bonchev–Trinajstić information content (AvgIpc) is 2.94. The number of ether oxygens (including phenoxy) is 1. The minimum Gasteiger partial charge on any atom is -0.449 e. The second kappa shape index (κ2) is 7.14. The van der Waals surface area contributed by atoms with Crippen molar-refractivity contribution in [2.24, 2.45) is 0 Å². The molecule has 21 heavy (non-hydrogen) atoms. The van der Waals surface area contributed by atoms with E-state index in [1.165, 1.54) is 6.07 Å². The van der Waals surface area contributed by atoms with Crippen molar-refractivity contribution in [1.82, 2.24) is 5.32 Å². The third-order valence-corrected chi connectivity index (χ3v) is 4.35. The van der Waals surface area contributed by atoms with Crippen LogP contribution in [-0.4, -0.2) is 24.0 Å². The van der Waals surface area contributed by atoms with Crippen LogP contribution in [0, 0.1) is 0 Å². The number of rotatable bonds is 4. The zero-order chi connectivity index (χ0) is 15.4. The Balaban J connectivity index is 1.95. The van der Waals surface area contributed by atoms with Gasteiger partial charge in [-0.25, -0.2) is 4.79 Å². The maximum absolute atomic E-state index is 12.0. The van der Waals surface area contributed by atoms with Gasteiger partial charge in [0.25, 0.3) is 5.91 Å². The number of amides is 1. The number of halogens is 2. The van der Waals surface area contributed by atoms with Crippen molar-refractivity contribution in [3.8, 4) is 0 Å². The Kier molecular flexibility index (Phi) is 5.48.